The van der Waals surface area contributed by atoms with Crippen LogP contribution in [0, 0.1) is 0 Å². The molecule has 0 spiro atoms. The molecule has 1 aromatic rings. The first kappa shape index (κ1) is 15.7. The molecule has 4 nitrogen and oxygen atoms in total. The summed E-state index contributed by atoms with van der Waals surface area (Å²) in [7, 11) is 0. The van der Waals surface area contributed by atoms with E-state index in [0.717, 1.165) is 18.4 Å². The van der Waals surface area contributed by atoms with Crippen LogP contribution >= 0.6 is 0 Å². The van der Waals surface area contributed by atoms with E-state index in [-0.39, 0.29) is 6.61 Å². The lowest BCUT2D eigenvalue weighted by molar-refractivity contribution is -0.148. The van der Waals surface area contributed by atoms with E-state index in [1.54, 1.807) is 0 Å². The van der Waals surface area contributed by atoms with Crippen LogP contribution in [0.3, 0.4) is 0 Å². The summed E-state index contributed by atoms with van der Waals surface area (Å²) in [5, 5.41) is 12.8. The van der Waals surface area contributed by atoms with Gasteiger partial charge >= 0.3 is 5.97 Å². The number of aliphatic carboxylic acids is 1. The first-order chi connectivity index (χ1) is 9.17. The molecule has 2 N–H and O–H groups in total. The number of rotatable bonds is 9. The molecule has 0 saturated heterocycles. The second-order valence-corrected chi connectivity index (χ2v) is 4.56. The molecule has 0 bridgehead atoms. The summed E-state index contributed by atoms with van der Waals surface area (Å²) >= 11 is 0. The number of carboxylic acids is 1. The highest BCUT2D eigenvalue weighted by Gasteiger charge is 2.40. The zero-order valence-corrected chi connectivity index (χ0v) is 11.7. The Morgan fingerprint density at radius 3 is 2.47 bits per heavy atom. The van der Waals surface area contributed by atoms with Crippen molar-refractivity contribution in [2.75, 3.05) is 19.8 Å². The van der Waals surface area contributed by atoms with Gasteiger partial charge in [0.05, 0.1) is 6.61 Å². The minimum absolute atomic E-state index is 0.139. The molecule has 0 radical (unpaired) electrons. The summed E-state index contributed by atoms with van der Waals surface area (Å²) in [5.41, 5.74) is -0.432. The largest absolute Gasteiger partial charge is 0.480 e. The Balaban J connectivity index is 3.00. The van der Waals surface area contributed by atoms with Crippen molar-refractivity contribution in [2.24, 2.45) is 0 Å². The lowest BCUT2D eigenvalue weighted by Gasteiger charge is -2.31. The van der Waals surface area contributed by atoms with Crippen LogP contribution in [0.1, 0.15) is 32.3 Å². The first-order valence-electron chi connectivity index (χ1n) is 6.79. The molecule has 0 aliphatic rings. The van der Waals surface area contributed by atoms with E-state index in [4.69, 9.17) is 4.74 Å². The monoisotopic (exact) mass is 265 g/mol. The maximum atomic E-state index is 11.8. The third-order valence-electron chi connectivity index (χ3n) is 2.98. The Bertz CT molecular complexity index is 380. The number of carbonyl (C=O) groups is 1. The molecular formula is C15H23NO3. The van der Waals surface area contributed by atoms with Crippen molar-refractivity contribution in [1.29, 1.82) is 0 Å². The lowest BCUT2D eigenvalue weighted by atomic mass is 9.90. The van der Waals surface area contributed by atoms with Crippen molar-refractivity contribution in [3.05, 3.63) is 35.9 Å². The van der Waals surface area contributed by atoms with Crippen LogP contribution in [0.2, 0.25) is 0 Å². The molecule has 0 fully saturated rings. The predicted octanol–water partition coefficient (Wildman–Crippen LogP) is 2.39. The van der Waals surface area contributed by atoms with Gasteiger partial charge in [-0.05, 0) is 24.9 Å². The topological polar surface area (TPSA) is 58.6 Å². The molecule has 1 rings (SSSR count). The summed E-state index contributed by atoms with van der Waals surface area (Å²) in [6.45, 7) is 5.36. The lowest BCUT2D eigenvalue weighted by Crippen LogP contribution is -2.53. The fourth-order valence-corrected chi connectivity index (χ4v) is 1.93. The van der Waals surface area contributed by atoms with Crippen LogP contribution in [0.25, 0.3) is 0 Å². The second-order valence-electron chi connectivity index (χ2n) is 4.56. The molecule has 1 unspecified atom stereocenters. The fourth-order valence-electron chi connectivity index (χ4n) is 1.93. The van der Waals surface area contributed by atoms with Gasteiger partial charge in [0.1, 0.15) is 0 Å². The highest BCUT2D eigenvalue weighted by atomic mass is 16.5. The summed E-state index contributed by atoms with van der Waals surface area (Å²) < 4.78 is 5.52. The van der Waals surface area contributed by atoms with Gasteiger partial charge in [-0.2, -0.15) is 0 Å². The normalized spacial score (nSPS) is 14.0. The number of nitrogens with one attached hydrogen (secondary N) is 1. The van der Waals surface area contributed by atoms with Gasteiger partial charge in [-0.15, -0.1) is 0 Å². The van der Waals surface area contributed by atoms with E-state index >= 15 is 0 Å². The Morgan fingerprint density at radius 2 is 1.95 bits per heavy atom. The van der Waals surface area contributed by atoms with Crippen LogP contribution < -0.4 is 5.32 Å². The number of hydrogen-bond donors (Lipinski definition) is 2. The van der Waals surface area contributed by atoms with Crippen molar-refractivity contribution in [1.82, 2.24) is 5.32 Å². The van der Waals surface area contributed by atoms with Crippen molar-refractivity contribution in [2.45, 2.75) is 32.2 Å². The molecule has 4 heteroatoms. The van der Waals surface area contributed by atoms with Crippen LogP contribution in [0.15, 0.2) is 30.3 Å². The quantitative estimate of drug-likeness (QED) is 0.673. The van der Waals surface area contributed by atoms with Crippen molar-refractivity contribution >= 4 is 5.97 Å². The Morgan fingerprint density at radius 1 is 1.26 bits per heavy atom. The molecule has 0 aliphatic carbocycles. The molecule has 0 aromatic heterocycles. The summed E-state index contributed by atoms with van der Waals surface area (Å²) in [6.07, 6.45) is 1.74. The van der Waals surface area contributed by atoms with Gasteiger partial charge in [0, 0.05) is 6.61 Å². The molecular weight excluding hydrogens is 242 g/mol. The van der Waals surface area contributed by atoms with E-state index in [0.29, 0.717) is 13.2 Å². The highest BCUT2D eigenvalue weighted by Crippen LogP contribution is 2.22. The van der Waals surface area contributed by atoms with E-state index in [9.17, 15) is 9.90 Å². The fraction of sp³-hybridized carbons (Fsp3) is 0.533. The minimum Gasteiger partial charge on any atom is -0.480 e. The molecule has 0 heterocycles. The van der Waals surface area contributed by atoms with Crippen LogP contribution in [0.5, 0.6) is 0 Å². The Kier molecular flexibility index (Phi) is 6.53. The van der Waals surface area contributed by atoms with Gasteiger partial charge in [-0.1, -0.05) is 44.2 Å². The molecule has 0 saturated carbocycles. The average molecular weight is 265 g/mol. The molecule has 106 valence electrons. The van der Waals surface area contributed by atoms with Crippen molar-refractivity contribution < 1.29 is 14.6 Å². The standard InChI is InChI=1S/C15H23NO3/c1-3-10-16-15(14(17)18,12-19-11-4-2)13-8-6-5-7-9-13/h5-9,16H,3-4,10-12H2,1-2H3,(H,17,18). The van der Waals surface area contributed by atoms with E-state index in [1.165, 1.54) is 0 Å². The number of carboxylic acid groups (broad SMARTS) is 1. The second kappa shape index (κ2) is 7.92. The molecule has 1 atom stereocenters. The number of hydrogen-bond acceptors (Lipinski definition) is 3. The highest BCUT2D eigenvalue weighted by molar-refractivity contribution is 5.81. The predicted molar refractivity (Wildman–Crippen MR) is 75.2 cm³/mol. The first-order valence-corrected chi connectivity index (χ1v) is 6.79. The molecule has 19 heavy (non-hydrogen) atoms. The SMILES string of the molecule is CCCNC(COCCC)(C(=O)O)c1ccccc1. The van der Waals surface area contributed by atoms with Gasteiger partial charge in [0.25, 0.3) is 0 Å². The van der Waals surface area contributed by atoms with Gasteiger partial charge in [0.2, 0.25) is 0 Å². The number of benzene rings is 1. The molecule has 1 aromatic carbocycles. The van der Waals surface area contributed by atoms with E-state index in [2.05, 4.69) is 5.32 Å². The maximum Gasteiger partial charge on any atom is 0.331 e. The zero-order valence-electron chi connectivity index (χ0n) is 11.7. The van der Waals surface area contributed by atoms with Crippen molar-refractivity contribution in [3.8, 4) is 0 Å². The maximum absolute atomic E-state index is 11.8. The third kappa shape index (κ3) is 4.04. The van der Waals surface area contributed by atoms with Crippen LogP contribution in [0.4, 0.5) is 0 Å². The summed E-state index contributed by atoms with van der Waals surface area (Å²) in [5.74, 6) is -0.900. The zero-order chi connectivity index (χ0) is 14.1. The van der Waals surface area contributed by atoms with Crippen molar-refractivity contribution in [3.63, 3.8) is 0 Å². The smallest absolute Gasteiger partial charge is 0.331 e. The van der Waals surface area contributed by atoms with E-state index in [1.807, 2.05) is 44.2 Å². The third-order valence-corrected chi connectivity index (χ3v) is 2.98. The Hall–Kier alpha value is -1.39. The average Bonchev–Trinajstić information content (AvgIpc) is 2.43. The summed E-state index contributed by atoms with van der Waals surface area (Å²) in [4.78, 5) is 11.8. The minimum atomic E-state index is -1.16. The van der Waals surface area contributed by atoms with Crippen LogP contribution in [-0.4, -0.2) is 30.8 Å². The Labute approximate surface area is 114 Å². The van der Waals surface area contributed by atoms with Gasteiger partial charge in [0.15, 0.2) is 5.54 Å². The molecule has 0 amide bonds. The summed E-state index contributed by atoms with van der Waals surface area (Å²) in [6, 6.07) is 9.22. The molecule has 0 aliphatic heterocycles. The van der Waals surface area contributed by atoms with Gasteiger partial charge in [-0.3, -0.25) is 5.32 Å². The number of ether oxygens (including phenoxy) is 1. The van der Waals surface area contributed by atoms with E-state index < -0.39 is 11.5 Å². The van der Waals surface area contributed by atoms with Crippen LogP contribution in [-0.2, 0) is 15.1 Å². The van der Waals surface area contributed by atoms with Gasteiger partial charge in [-0.25, -0.2) is 4.79 Å². The van der Waals surface area contributed by atoms with Gasteiger partial charge < -0.3 is 9.84 Å².